The van der Waals surface area contributed by atoms with E-state index in [9.17, 15) is 13.7 Å². The Morgan fingerprint density at radius 1 is 1.25 bits per heavy atom. The van der Waals surface area contributed by atoms with E-state index in [0.29, 0.717) is 5.02 Å². The van der Waals surface area contributed by atoms with Crippen LogP contribution in [0.5, 0.6) is 0 Å². The summed E-state index contributed by atoms with van der Waals surface area (Å²) in [4.78, 5) is 0.598. The van der Waals surface area contributed by atoms with Gasteiger partial charge in [0, 0.05) is 15.3 Å². The van der Waals surface area contributed by atoms with E-state index in [1.807, 2.05) is 19.9 Å². The molecule has 0 aliphatic carbocycles. The number of rotatable bonds is 3. The predicted octanol–water partition coefficient (Wildman–Crippen LogP) is 5.57. The number of thiophene rings is 2. The topological polar surface area (TPSA) is 57.9 Å². The molecule has 2 heterocycles. The highest BCUT2D eigenvalue weighted by atomic mass is 35.5. The Morgan fingerprint density at radius 2 is 1.92 bits per heavy atom. The molecule has 0 saturated carbocycles. The summed E-state index contributed by atoms with van der Waals surface area (Å²) < 4.78 is 26.5. The largest absolute Gasteiger partial charge is 0.218 e. The van der Waals surface area contributed by atoms with Crippen molar-refractivity contribution in [2.24, 2.45) is 0 Å². The molecule has 0 unspecified atom stereocenters. The normalized spacial score (nSPS) is 12.5. The molecule has 122 valence electrons. The summed E-state index contributed by atoms with van der Waals surface area (Å²) in [5.74, 6) is 0. The molecule has 3 nitrogen and oxygen atoms in total. The minimum Gasteiger partial charge on any atom is -0.218 e. The average molecular weight is 394 g/mol. The van der Waals surface area contributed by atoms with Crippen molar-refractivity contribution in [1.82, 2.24) is 0 Å². The third kappa shape index (κ3) is 2.89. The Hall–Kier alpha value is -1.65. The zero-order valence-corrected chi connectivity index (χ0v) is 16.0. The first-order valence-electron chi connectivity index (χ1n) is 6.94. The van der Waals surface area contributed by atoms with Gasteiger partial charge >= 0.3 is 0 Å². The maximum Gasteiger partial charge on any atom is 0.216 e. The van der Waals surface area contributed by atoms with E-state index in [4.69, 9.17) is 11.6 Å². The van der Waals surface area contributed by atoms with Crippen molar-refractivity contribution in [1.29, 1.82) is 5.26 Å². The highest BCUT2D eigenvalue weighted by Gasteiger charge is 2.22. The predicted molar refractivity (Wildman–Crippen MR) is 101 cm³/mol. The van der Waals surface area contributed by atoms with E-state index in [-0.39, 0.29) is 9.80 Å². The smallest absolute Gasteiger partial charge is 0.216 e. The molecule has 3 aromatic rings. The van der Waals surface area contributed by atoms with Crippen LogP contribution in [0.4, 0.5) is 0 Å². The molecule has 0 saturated heterocycles. The number of halogens is 1. The summed E-state index contributed by atoms with van der Waals surface area (Å²) in [5, 5.41) is 13.1. The Labute approximate surface area is 153 Å². The van der Waals surface area contributed by atoms with Crippen molar-refractivity contribution in [2.75, 3.05) is 0 Å². The van der Waals surface area contributed by atoms with Crippen LogP contribution in [-0.2, 0) is 9.84 Å². The molecular formula is C17H12ClNO2S3. The molecule has 3 rings (SSSR count). The van der Waals surface area contributed by atoms with Gasteiger partial charge in [0.15, 0.2) is 4.91 Å². The second-order valence-corrected chi connectivity index (χ2v) is 9.80. The molecule has 1 aromatic carbocycles. The number of benzene rings is 1. The van der Waals surface area contributed by atoms with Gasteiger partial charge in [-0.3, -0.25) is 0 Å². The fourth-order valence-electron chi connectivity index (χ4n) is 2.41. The summed E-state index contributed by atoms with van der Waals surface area (Å²) in [7, 11) is -3.86. The minimum atomic E-state index is -3.86. The fraction of sp³-hybridized carbons (Fsp3) is 0.118. The van der Waals surface area contributed by atoms with E-state index in [2.05, 4.69) is 5.38 Å². The van der Waals surface area contributed by atoms with Crippen LogP contribution in [0.25, 0.3) is 15.5 Å². The molecule has 0 aliphatic rings. The van der Waals surface area contributed by atoms with E-state index >= 15 is 0 Å². The summed E-state index contributed by atoms with van der Waals surface area (Å²) >= 11 is 8.94. The van der Waals surface area contributed by atoms with Crippen molar-refractivity contribution in [3.05, 3.63) is 55.6 Å². The number of allylic oxidation sites excluding steroid dienone is 1. The highest BCUT2D eigenvalue weighted by Crippen LogP contribution is 2.39. The Morgan fingerprint density at radius 3 is 2.50 bits per heavy atom. The van der Waals surface area contributed by atoms with E-state index in [0.717, 1.165) is 19.8 Å². The van der Waals surface area contributed by atoms with Crippen molar-refractivity contribution >= 4 is 59.6 Å². The minimum absolute atomic E-state index is 0.0619. The van der Waals surface area contributed by atoms with Crippen LogP contribution >= 0.6 is 34.3 Å². The maximum atomic E-state index is 12.7. The van der Waals surface area contributed by atoms with Gasteiger partial charge in [-0.1, -0.05) is 11.6 Å². The first-order valence-corrected chi connectivity index (χ1v) is 10.5. The number of hydrogen-bond acceptors (Lipinski definition) is 5. The molecule has 0 fully saturated rings. The van der Waals surface area contributed by atoms with Crippen LogP contribution in [0.1, 0.15) is 16.0 Å². The second-order valence-electron chi connectivity index (χ2n) is 5.25. The van der Waals surface area contributed by atoms with Gasteiger partial charge in [0.25, 0.3) is 0 Å². The van der Waals surface area contributed by atoms with Crippen LogP contribution in [0.15, 0.2) is 39.4 Å². The molecule has 0 amide bonds. The molecular weight excluding hydrogens is 382 g/mol. The molecule has 24 heavy (non-hydrogen) atoms. The van der Waals surface area contributed by atoms with Gasteiger partial charge in [0.05, 0.1) is 8.91 Å². The Bertz CT molecular complexity index is 1100. The number of sulfone groups is 1. The first kappa shape index (κ1) is 17.2. The lowest BCUT2D eigenvalue weighted by molar-refractivity contribution is 0.603. The maximum absolute atomic E-state index is 12.7. The van der Waals surface area contributed by atoms with Gasteiger partial charge < -0.3 is 0 Å². The quantitative estimate of drug-likeness (QED) is 0.546. The summed E-state index contributed by atoms with van der Waals surface area (Å²) in [6, 6.07) is 7.65. The summed E-state index contributed by atoms with van der Waals surface area (Å²) in [6.07, 6.45) is 1.47. The lowest BCUT2D eigenvalue weighted by Gasteiger charge is -2.03. The Kier molecular flexibility index (Phi) is 4.54. The summed E-state index contributed by atoms with van der Waals surface area (Å²) in [5.41, 5.74) is 2.18. The van der Waals surface area contributed by atoms with Crippen LogP contribution < -0.4 is 0 Å². The molecule has 7 heteroatoms. The van der Waals surface area contributed by atoms with Crippen molar-refractivity contribution in [2.45, 2.75) is 18.7 Å². The number of nitrogens with zero attached hydrogens (tertiary/aromatic N) is 1. The van der Waals surface area contributed by atoms with Gasteiger partial charge in [0.2, 0.25) is 9.84 Å². The zero-order chi connectivity index (χ0) is 17.5. The standard InChI is InChI=1S/C17H12ClNO2S3/c1-10-9-22-17-16(10)11(2)15(23-17)7-14(8-19)24(20,21)13-5-3-12(18)4-6-13/h3-7,9H,1-2H3/b14-7-. The lowest BCUT2D eigenvalue weighted by Crippen LogP contribution is -2.03. The third-order valence-corrected chi connectivity index (χ3v) is 8.07. The van der Waals surface area contributed by atoms with E-state index < -0.39 is 9.84 Å². The van der Waals surface area contributed by atoms with E-state index in [1.165, 1.54) is 47.2 Å². The molecule has 0 aliphatic heterocycles. The van der Waals surface area contributed by atoms with Gasteiger partial charge in [-0.25, -0.2) is 8.42 Å². The number of aryl methyl sites for hydroxylation is 2. The highest BCUT2D eigenvalue weighted by molar-refractivity contribution is 7.95. The summed E-state index contributed by atoms with van der Waals surface area (Å²) in [6.45, 7) is 3.98. The monoisotopic (exact) mass is 393 g/mol. The molecule has 0 radical (unpaired) electrons. The SMILES string of the molecule is Cc1csc2sc(/C=C(/C#N)S(=O)(=O)c3ccc(Cl)cc3)c(C)c12. The second kappa shape index (κ2) is 6.34. The van der Waals surface area contributed by atoms with Gasteiger partial charge in [0.1, 0.15) is 6.07 Å². The van der Waals surface area contributed by atoms with Crippen molar-refractivity contribution in [3.8, 4) is 6.07 Å². The van der Waals surface area contributed by atoms with Crippen molar-refractivity contribution < 1.29 is 8.42 Å². The molecule has 0 bridgehead atoms. The molecule has 0 N–H and O–H groups in total. The van der Waals surface area contributed by atoms with Crippen molar-refractivity contribution in [3.63, 3.8) is 0 Å². The van der Waals surface area contributed by atoms with Crippen LogP contribution in [0.3, 0.4) is 0 Å². The van der Waals surface area contributed by atoms with Gasteiger partial charge in [-0.2, -0.15) is 5.26 Å². The third-order valence-electron chi connectivity index (χ3n) is 3.67. The number of hydrogen-bond donors (Lipinski definition) is 0. The Balaban J connectivity index is 2.13. The van der Waals surface area contributed by atoms with E-state index in [1.54, 1.807) is 11.3 Å². The number of nitriles is 1. The average Bonchev–Trinajstić information content (AvgIpc) is 3.06. The molecule has 0 atom stereocenters. The first-order chi connectivity index (χ1) is 11.3. The van der Waals surface area contributed by atoms with Crippen LogP contribution in [-0.4, -0.2) is 8.42 Å². The van der Waals surface area contributed by atoms with Gasteiger partial charge in [-0.15, -0.1) is 22.7 Å². The fourth-order valence-corrected chi connectivity index (χ4v) is 6.24. The van der Waals surface area contributed by atoms with Crippen LogP contribution in [0, 0.1) is 25.2 Å². The lowest BCUT2D eigenvalue weighted by atomic mass is 10.1. The molecule has 2 aromatic heterocycles. The van der Waals surface area contributed by atoms with Crippen LogP contribution in [0.2, 0.25) is 5.02 Å². The number of fused-ring (bicyclic) bond motifs is 1. The molecule has 0 spiro atoms. The van der Waals surface area contributed by atoms with Gasteiger partial charge in [-0.05, 0) is 60.7 Å². The zero-order valence-electron chi connectivity index (χ0n) is 12.8.